The smallest absolute Gasteiger partial charge is 0.355 e. The van der Waals surface area contributed by atoms with Gasteiger partial charge in [-0.3, -0.25) is 23.9 Å². The molecule has 0 saturated heterocycles. The fourth-order valence-electron chi connectivity index (χ4n) is 3.66. The Balaban J connectivity index is 1.84. The van der Waals surface area contributed by atoms with Crippen LogP contribution in [-0.2, 0) is 11.3 Å². The predicted octanol–water partition coefficient (Wildman–Crippen LogP) is 3.06. The molecule has 3 rings (SSSR count). The van der Waals surface area contributed by atoms with E-state index in [9.17, 15) is 22.8 Å². The Bertz CT molecular complexity index is 1130. The van der Waals surface area contributed by atoms with Crippen molar-refractivity contribution < 1.29 is 18.0 Å². The molecule has 8 nitrogen and oxygen atoms in total. The predicted molar refractivity (Wildman–Crippen MR) is 125 cm³/mol. The van der Waals surface area contributed by atoms with E-state index in [0.717, 1.165) is 18.4 Å². The van der Waals surface area contributed by atoms with Crippen molar-refractivity contribution >= 4 is 22.8 Å². The molecule has 0 radical (unpaired) electrons. The van der Waals surface area contributed by atoms with E-state index in [4.69, 9.17) is 0 Å². The minimum Gasteiger partial charge on any atom is -0.355 e. The van der Waals surface area contributed by atoms with Crippen LogP contribution >= 0.6 is 0 Å². The number of halogens is 3. The van der Waals surface area contributed by atoms with Crippen molar-refractivity contribution in [2.75, 3.05) is 26.2 Å². The van der Waals surface area contributed by atoms with Gasteiger partial charge in [-0.15, -0.1) is 6.58 Å². The molecular formula is C23H29F3N6O2. The quantitative estimate of drug-likeness (QED) is 0.233. The molecule has 2 heterocycles. The lowest BCUT2D eigenvalue weighted by molar-refractivity contribution is -0.173. The SMILES string of the molecule is C=CCN=C(Cn1c(=O)n(C2CC2)c2ccncc21)N(C/C=C\C)CCCNC(=O)C(F)(F)F. The number of amidine groups is 1. The number of carbonyl (C=O) groups excluding carboxylic acids is 1. The maximum absolute atomic E-state index is 13.3. The number of pyridine rings is 1. The fourth-order valence-corrected chi connectivity index (χ4v) is 3.66. The van der Waals surface area contributed by atoms with Gasteiger partial charge >= 0.3 is 17.8 Å². The number of aromatic nitrogens is 3. The van der Waals surface area contributed by atoms with Gasteiger partial charge in [-0.1, -0.05) is 18.2 Å². The Kier molecular flexibility index (Phi) is 8.30. The van der Waals surface area contributed by atoms with Gasteiger partial charge in [0, 0.05) is 31.9 Å². The van der Waals surface area contributed by atoms with Crippen LogP contribution in [0.15, 0.2) is 53.1 Å². The number of hydrogen-bond donors (Lipinski definition) is 1. The number of fused-ring (bicyclic) bond motifs is 1. The van der Waals surface area contributed by atoms with Crippen LogP contribution < -0.4 is 11.0 Å². The Labute approximate surface area is 195 Å². The third-order valence-corrected chi connectivity index (χ3v) is 5.45. The average molecular weight is 479 g/mol. The topological polar surface area (TPSA) is 84.5 Å². The van der Waals surface area contributed by atoms with Crippen LogP contribution in [0.25, 0.3) is 11.0 Å². The minimum atomic E-state index is -4.91. The zero-order valence-electron chi connectivity index (χ0n) is 19.1. The first kappa shape index (κ1) is 25.3. The highest BCUT2D eigenvalue weighted by Crippen LogP contribution is 2.35. The second-order valence-electron chi connectivity index (χ2n) is 8.00. The molecule has 0 spiro atoms. The van der Waals surface area contributed by atoms with Crippen molar-refractivity contribution in [1.82, 2.24) is 24.3 Å². The Hall–Kier alpha value is -3.37. The number of carbonyl (C=O) groups is 1. The number of alkyl halides is 3. The summed E-state index contributed by atoms with van der Waals surface area (Å²) in [4.78, 5) is 35.0. The number of allylic oxidation sites excluding steroid dienone is 1. The Morgan fingerprint density at radius 2 is 2.15 bits per heavy atom. The summed E-state index contributed by atoms with van der Waals surface area (Å²) in [5, 5.41) is 1.89. The first-order chi connectivity index (χ1) is 16.3. The zero-order valence-corrected chi connectivity index (χ0v) is 19.1. The van der Waals surface area contributed by atoms with Crippen molar-refractivity contribution in [2.45, 2.75) is 44.9 Å². The van der Waals surface area contributed by atoms with E-state index in [1.807, 2.05) is 35.4 Å². The average Bonchev–Trinajstić information content (AvgIpc) is 3.60. The second-order valence-corrected chi connectivity index (χ2v) is 8.00. The molecule has 1 N–H and O–H groups in total. The fraction of sp³-hybridized carbons (Fsp3) is 0.478. The van der Waals surface area contributed by atoms with Crippen molar-refractivity contribution in [2.24, 2.45) is 4.99 Å². The molecule has 2 aromatic heterocycles. The lowest BCUT2D eigenvalue weighted by Gasteiger charge is -2.25. The number of nitrogens with zero attached hydrogens (tertiary/aromatic N) is 5. The van der Waals surface area contributed by atoms with Gasteiger partial charge in [-0.2, -0.15) is 13.2 Å². The van der Waals surface area contributed by atoms with Gasteiger partial charge < -0.3 is 10.2 Å². The van der Waals surface area contributed by atoms with E-state index in [1.165, 1.54) is 0 Å². The minimum absolute atomic E-state index is 0.135. The molecule has 184 valence electrons. The van der Waals surface area contributed by atoms with Crippen LogP contribution in [0.3, 0.4) is 0 Å². The lowest BCUT2D eigenvalue weighted by Crippen LogP contribution is -2.41. The van der Waals surface area contributed by atoms with Crippen LogP contribution in [-0.4, -0.2) is 63.1 Å². The summed E-state index contributed by atoms with van der Waals surface area (Å²) in [6.07, 6.45) is 5.98. The van der Waals surface area contributed by atoms with Crippen LogP contribution in [0.1, 0.15) is 32.2 Å². The number of aliphatic imine (C=N–C) groups is 1. The van der Waals surface area contributed by atoms with Crippen LogP contribution in [0.4, 0.5) is 13.2 Å². The first-order valence-electron chi connectivity index (χ1n) is 11.2. The first-order valence-corrected chi connectivity index (χ1v) is 11.2. The van der Waals surface area contributed by atoms with Crippen molar-refractivity contribution in [3.8, 4) is 0 Å². The summed E-state index contributed by atoms with van der Waals surface area (Å²) in [5.41, 5.74) is 1.38. The zero-order chi connectivity index (χ0) is 24.7. The summed E-state index contributed by atoms with van der Waals surface area (Å²) in [6.45, 7) is 6.73. The molecule has 1 amide bonds. The number of rotatable bonds is 11. The lowest BCUT2D eigenvalue weighted by atomic mass is 10.3. The molecule has 11 heteroatoms. The summed E-state index contributed by atoms with van der Waals surface area (Å²) < 4.78 is 40.8. The van der Waals surface area contributed by atoms with E-state index in [-0.39, 0.29) is 31.2 Å². The number of imidazole rings is 1. The van der Waals surface area contributed by atoms with Crippen LogP contribution in [0.5, 0.6) is 0 Å². The molecule has 34 heavy (non-hydrogen) atoms. The van der Waals surface area contributed by atoms with Crippen molar-refractivity contribution in [3.05, 3.63) is 53.8 Å². The van der Waals surface area contributed by atoms with Gasteiger partial charge in [-0.05, 0) is 32.3 Å². The van der Waals surface area contributed by atoms with Gasteiger partial charge in [0.05, 0.1) is 30.3 Å². The van der Waals surface area contributed by atoms with E-state index in [1.54, 1.807) is 27.6 Å². The molecule has 1 aliphatic rings. The third kappa shape index (κ3) is 6.15. The molecule has 2 aromatic rings. The van der Waals surface area contributed by atoms with Crippen molar-refractivity contribution in [3.63, 3.8) is 0 Å². The van der Waals surface area contributed by atoms with E-state index in [2.05, 4.69) is 16.6 Å². The highest BCUT2D eigenvalue weighted by molar-refractivity contribution is 5.85. The molecular weight excluding hydrogens is 449 g/mol. The molecule has 1 fully saturated rings. The van der Waals surface area contributed by atoms with Crippen LogP contribution in [0, 0.1) is 0 Å². The van der Waals surface area contributed by atoms with E-state index < -0.39 is 12.1 Å². The molecule has 0 aliphatic heterocycles. The highest BCUT2D eigenvalue weighted by Gasteiger charge is 2.38. The molecule has 0 aromatic carbocycles. The summed E-state index contributed by atoms with van der Waals surface area (Å²) in [6, 6.07) is 2.01. The normalized spacial score (nSPS) is 14.6. The van der Waals surface area contributed by atoms with E-state index in [0.29, 0.717) is 31.0 Å². The van der Waals surface area contributed by atoms with Gasteiger partial charge in [0.15, 0.2) is 0 Å². The van der Waals surface area contributed by atoms with Gasteiger partial charge in [-0.25, -0.2) is 4.79 Å². The van der Waals surface area contributed by atoms with Crippen molar-refractivity contribution in [1.29, 1.82) is 0 Å². The number of nitrogens with one attached hydrogen (secondary N) is 1. The summed E-state index contributed by atoms with van der Waals surface area (Å²) in [5.74, 6) is -1.36. The number of amides is 1. The van der Waals surface area contributed by atoms with Gasteiger partial charge in [0.1, 0.15) is 5.84 Å². The molecule has 1 aliphatic carbocycles. The van der Waals surface area contributed by atoms with Gasteiger partial charge in [0.2, 0.25) is 0 Å². The molecule has 0 atom stereocenters. The third-order valence-electron chi connectivity index (χ3n) is 5.45. The largest absolute Gasteiger partial charge is 0.471 e. The van der Waals surface area contributed by atoms with Gasteiger partial charge in [0.25, 0.3) is 0 Å². The highest BCUT2D eigenvalue weighted by atomic mass is 19.4. The Morgan fingerprint density at radius 1 is 1.38 bits per heavy atom. The van der Waals surface area contributed by atoms with E-state index >= 15 is 0 Å². The molecule has 0 unspecified atom stereocenters. The summed E-state index contributed by atoms with van der Waals surface area (Å²) in [7, 11) is 0. The molecule has 0 bridgehead atoms. The maximum Gasteiger partial charge on any atom is 0.471 e. The molecule has 1 saturated carbocycles. The van der Waals surface area contributed by atoms with Crippen LogP contribution in [0.2, 0.25) is 0 Å². The summed E-state index contributed by atoms with van der Waals surface area (Å²) >= 11 is 0. The standard InChI is InChI=1S/C23H29F3N6O2/c1-3-5-13-30(14-6-11-29-21(33)23(24,25)26)20(28-10-4-2)16-31-19-15-27-12-9-18(19)32(22(31)34)17-7-8-17/h3-5,9,12,15,17H,2,6-8,10-11,13-14,16H2,1H3,(H,29,33)/b5-3-,28-20?. The number of hydrogen-bond acceptors (Lipinski definition) is 4. The maximum atomic E-state index is 13.3. The Morgan fingerprint density at radius 3 is 2.79 bits per heavy atom. The monoisotopic (exact) mass is 478 g/mol. The second kappa shape index (κ2) is 11.2.